The number of hydrogen-bond acceptors (Lipinski definition) is 2. The summed E-state index contributed by atoms with van der Waals surface area (Å²) in [5, 5.41) is 11.1. The van der Waals surface area contributed by atoms with Gasteiger partial charge in [-0.05, 0) is 38.4 Å². The molecular formula is C15H23NO. The quantitative estimate of drug-likeness (QED) is 0.806. The minimum Gasteiger partial charge on any atom is -0.385 e. The van der Waals surface area contributed by atoms with Crippen LogP contribution in [0.15, 0.2) is 24.3 Å². The molecule has 1 aliphatic rings. The lowest BCUT2D eigenvalue weighted by atomic mass is 9.73. The van der Waals surface area contributed by atoms with E-state index in [1.807, 2.05) is 12.1 Å². The van der Waals surface area contributed by atoms with Gasteiger partial charge in [-0.3, -0.25) is 0 Å². The maximum atomic E-state index is 11.1. The molecule has 0 bridgehead atoms. The Morgan fingerprint density at radius 1 is 1.29 bits per heavy atom. The molecule has 3 atom stereocenters. The molecule has 1 saturated heterocycles. The molecule has 2 heteroatoms. The Morgan fingerprint density at radius 2 is 1.94 bits per heavy atom. The van der Waals surface area contributed by atoms with E-state index in [0.717, 1.165) is 18.5 Å². The Hall–Kier alpha value is -0.860. The van der Waals surface area contributed by atoms with Crippen LogP contribution in [-0.2, 0) is 5.60 Å². The molecule has 0 spiro atoms. The number of hydrogen-bond donors (Lipinski definition) is 1. The highest BCUT2D eigenvalue weighted by atomic mass is 16.3. The predicted molar refractivity (Wildman–Crippen MR) is 70.9 cm³/mol. The zero-order valence-corrected chi connectivity index (χ0v) is 11.3. The molecule has 1 fully saturated rings. The van der Waals surface area contributed by atoms with Gasteiger partial charge >= 0.3 is 0 Å². The van der Waals surface area contributed by atoms with Gasteiger partial charge in [-0.2, -0.15) is 0 Å². The van der Waals surface area contributed by atoms with E-state index in [2.05, 4.69) is 44.9 Å². The van der Waals surface area contributed by atoms with Crippen LogP contribution < -0.4 is 0 Å². The van der Waals surface area contributed by atoms with E-state index in [1.54, 1.807) is 0 Å². The van der Waals surface area contributed by atoms with Crippen molar-refractivity contribution in [3.05, 3.63) is 35.4 Å². The Kier molecular flexibility index (Phi) is 3.28. The fourth-order valence-corrected chi connectivity index (χ4v) is 3.00. The van der Waals surface area contributed by atoms with Gasteiger partial charge in [0.05, 0.1) is 5.60 Å². The van der Waals surface area contributed by atoms with Crippen LogP contribution in [0.5, 0.6) is 0 Å². The number of piperidine rings is 1. The lowest BCUT2D eigenvalue weighted by Crippen LogP contribution is -2.51. The second-order valence-corrected chi connectivity index (χ2v) is 5.63. The summed E-state index contributed by atoms with van der Waals surface area (Å²) in [6, 6.07) is 8.64. The van der Waals surface area contributed by atoms with Crippen LogP contribution in [0.1, 0.15) is 31.4 Å². The molecular weight excluding hydrogens is 210 g/mol. The van der Waals surface area contributed by atoms with E-state index in [4.69, 9.17) is 0 Å². The minimum atomic E-state index is -0.669. The van der Waals surface area contributed by atoms with Gasteiger partial charge in [0.25, 0.3) is 0 Å². The summed E-state index contributed by atoms with van der Waals surface area (Å²) in [4.78, 5) is 2.33. The van der Waals surface area contributed by atoms with Gasteiger partial charge in [-0.15, -0.1) is 0 Å². The van der Waals surface area contributed by atoms with E-state index in [9.17, 15) is 5.11 Å². The van der Waals surface area contributed by atoms with Crippen LogP contribution in [0, 0.1) is 12.8 Å². The third-order valence-corrected chi connectivity index (χ3v) is 4.35. The molecule has 0 radical (unpaired) electrons. The van der Waals surface area contributed by atoms with Crippen molar-refractivity contribution in [1.82, 2.24) is 4.90 Å². The van der Waals surface area contributed by atoms with Gasteiger partial charge in [0.15, 0.2) is 0 Å². The van der Waals surface area contributed by atoms with Gasteiger partial charge in [0.1, 0.15) is 0 Å². The molecule has 17 heavy (non-hydrogen) atoms. The number of rotatable bonds is 1. The summed E-state index contributed by atoms with van der Waals surface area (Å²) in [6.45, 7) is 7.37. The van der Waals surface area contributed by atoms with Crippen molar-refractivity contribution in [1.29, 1.82) is 0 Å². The van der Waals surface area contributed by atoms with Crippen molar-refractivity contribution in [3.8, 4) is 0 Å². The van der Waals surface area contributed by atoms with Crippen molar-refractivity contribution in [2.75, 3.05) is 13.6 Å². The third kappa shape index (κ3) is 2.12. The highest BCUT2D eigenvalue weighted by Gasteiger charge is 2.42. The topological polar surface area (TPSA) is 23.5 Å². The second kappa shape index (κ2) is 4.43. The normalized spacial score (nSPS) is 34.9. The van der Waals surface area contributed by atoms with Crippen LogP contribution in [0.3, 0.4) is 0 Å². The summed E-state index contributed by atoms with van der Waals surface area (Å²) < 4.78 is 0. The molecule has 1 heterocycles. The first-order valence-electron chi connectivity index (χ1n) is 6.44. The summed E-state index contributed by atoms with van der Waals surface area (Å²) >= 11 is 0. The Morgan fingerprint density at radius 3 is 2.59 bits per heavy atom. The first-order valence-corrected chi connectivity index (χ1v) is 6.44. The molecule has 1 N–H and O–H groups in total. The average molecular weight is 233 g/mol. The smallest absolute Gasteiger partial charge is 0.0951 e. The third-order valence-electron chi connectivity index (χ3n) is 4.35. The maximum Gasteiger partial charge on any atom is 0.0951 e. The molecule has 1 aliphatic heterocycles. The maximum absolute atomic E-state index is 11.1. The van der Waals surface area contributed by atoms with E-state index in [-0.39, 0.29) is 5.92 Å². The van der Waals surface area contributed by atoms with Crippen molar-refractivity contribution < 1.29 is 5.11 Å². The van der Waals surface area contributed by atoms with E-state index >= 15 is 0 Å². The summed E-state index contributed by atoms with van der Waals surface area (Å²) in [5.41, 5.74) is 1.63. The Bertz CT molecular complexity index is 404. The van der Waals surface area contributed by atoms with Crippen molar-refractivity contribution in [2.24, 2.45) is 5.92 Å². The van der Waals surface area contributed by atoms with Gasteiger partial charge in [-0.25, -0.2) is 0 Å². The Labute approximate surface area is 104 Å². The highest BCUT2D eigenvalue weighted by molar-refractivity contribution is 5.32. The van der Waals surface area contributed by atoms with Crippen molar-refractivity contribution in [2.45, 2.75) is 38.8 Å². The van der Waals surface area contributed by atoms with Crippen molar-refractivity contribution >= 4 is 0 Å². The average Bonchev–Trinajstić information content (AvgIpc) is 2.27. The molecule has 1 aromatic rings. The largest absolute Gasteiger partial charge is 0.385 e. The molecule has 2 nitrogen and oxygen atoms in total. The van der Waals surface area contributed by atoms with Gasteiger partial charge in [-0.1, -0.05) is 31.2 Å². The SMILES string of the molecule is Cc1ccccc1C1(O)CC(C)N(C)CC1C. The predicted octanol–water partition coefficient (Wildman–Crippen LogP) is 2.54. The van der Waals surface area contributed by atoms with E-state index in [0.29, 0.717) is 6.04 Å². The van der Waals surface area contributed by atoms with E-state index in [1.165, 1.54) is 5.56 Å². The number of likely N-dealkylation sites (tertiary alicyclic amines) is 1. The molecule has 3 unspecified atom stereocenters. The first kappa shape index (κ1) is 12.6. The van der Waals surface area contributed by atoms with Crippen LogP contribution in [0.2, 0.25) is 0 Å². The molecule has 2 rings (SSSR count). The fourth-order valence-electron chi connectivity index (χ4n) is 3.00. The number of aryl methyl sites for hydroxylation is 1. The number of benzene rings is 1. The lowest BCUT2D eigenvalue weighted by Gasteiger charge is -2.46. The number of nitrogens with zero attached hydrogens (tertiary/aromatic N) is 1. The molecule has 0 saturated carbocycles. The zero-order valence-electron chi connectivity index (χ0n) is 11.3. The summed E-state index contributed by atoms with van der Waals surface area (Å²) in [7, 11) is 2.14. The van der Waals surface area contributed by atoms with Crippen LogP contribution >= 0.6 is 0 Å². The summed E-state index contributed by atoms with van der Waals surface area (Å²) in [5.74, 6) is 0.268. The van der Waals surface area contributed by atoms with E-state index < -0.39 is 5.60 Å². The van der Waals surface area contributed by atoms with Crippen molar-refractivity contribution in [3.63, 3.8) is 0 Å². The molecule has 0 amide bonds. The monoisotopic (exact) mass is 233 g/mol. The molecule has 0 aliphatic carbocycles. The zero-order chi connectivity index (χ0) is 12.6. The lowest BCUT2D eigenvalue weighted by molar-refractivity contribution is -0.0847. The Balaban J connectivity index is 2.38. The van der Waals surface area contributed by atoms with Crippen LogP contribution in [0.25, 0.3) is 0 Å². The standard InChI is InChI=1S/C15H23NO/c1-11-7-5-6-8-14(11)15(17)9-13(3)16(4)10-12(15)2/h5-8,12-13,17H,9-10H2,1-4H3. The van der Waals surface area contributed by atoms with Crippen LogP contribution in [0.4, 0.5) is 0 Å². The highest BCUT2D eigenvalue weighted by Crippen LogP contribution is 2.40. The first-order chi connectivity index (χ1) is 7.95. The second-order valence-electron chi connectivity index (χ2n) is 5.63. The molecule has 1 aromatic carbocycles. The summed E-state index contributed by atoms with van der Waals surface area (Å²) in [6.07, 6.45) is 0.815. The molecule has 94 valence electrons. The van der Waals surface area contributed by atoms with Gasteiger partial charge in [0, 0.05) is 18.5 Å². The molecule has 0 aromatic heterocycles. The van der Waals surface area contributed by atoms with Gasteiger partial charge < -0.3 is 10.0 Å². The minimum absolute atomic E-state index is 0.268. The van der Waals surface area contributed by atoms with Crippen LogP contribution in [-0.4, -0.2) is 29.6 Å². The van der Waals surface area contributed by atoms with Gasteiger partial charge in [0.2, 0.25) is 0 Å². The fraction of sp³-hybridized carbons (Fsp3) is 0.600. The number of aliphatic hydroxyl groups is 1.